The first kappa shape index (κ1) is 20.1. The van der Waals surface area contributed by atoms with Crippen LogP contribution in [-0.2, 0) is 6.18 Å². The Balaban J connectivity index is 2.00. The minimum Gasteiger partial charge on any atom is -0.497 e. The zero-order valence-corrected chi connectivity index (χ0v) is 15.3. The van der Waals surface area contributed by atoms with Gasteiger partial charge in [0.15, 0.2) is 0 Å². The number of ether oxygens (including phenoxy) is 1. The van der Waals surface area contributed by atoms with Crippen molar-refractivity contribution in [1.29, 1.82) is 0 Å². The average molecular weight is 402 g/mol. The van der Waals surface area contributed by atoms with E-state index in [4.69, 9.17) is 4.74 Å². The number of pyridine rings is 2. The molecule has 2 amide bonds. The molecule has 0 radical (unpaired) electrons. The Morgan fingerprint density at radius 2 is 1.90 bits per heavy atom. The maximum atomic E-state index is 13.6. The summed E-state index contributed by atoms with van der Waals surface area (Å²) < 4.78 is 45.8. The van der Waals surface area contributed by atoms with Gasteiger partial charge in [-0.05, 0) is 42.0 Å². The highest BCUT2D eigenvalue weighted by atomic mass is 19.4. The van der Waals surface area contributed by atoms with E-state index < -0.39 is 23.8 Å². The maximum absolute atomic E-state index is 13.6. The van der Waals surface area contributed by atoms with Crippen LogP contribution in [0.3, 0.4) is 0 Å². The molecular weight excluding hydrogens is 385 g/mol. The second kappa shape index (κ2) is 8.59. The zero-order chi connectivity index (χ0) is 20.9. The summed E-state index contributed by atoms with van der Waals surface area (Å²) in [5, 5.41) is 5.11. The summed E-state index contributed by atoms with van der Waals surface area (Å²) in [5.74, 6) is 0.437. The van der Waals surface area contributed by atoms with Gasteiger partial charge in [0.2, 0.25) is 0 Å². The molecule has 0 fully saturated rings. The summed E-state index contributed by atoms with van der Waals surface area (Å²) in [6.45, 7) is 0. The Kier molecular flexibility index (Phi) is 5.96. The number of alkyl halides is 3. The molecule has 150 valence electrons. The number of halogens is 3. The van der Waals surface area contributed by atoms with Crippen LogP contribution in [0.15, 0.2) is 67.1 Å². The van der Waals surface area contributed by atoms with Gasteiger partial charge in [0, 0.05) is 12.4 Å². The van der Waals surface area contributed by atoms with Gasteiger partial charge in [-0.15, -0.1) is 0 Å². The van der Waals surface area contributed by atoms with Crippen LogP contribution in [0.4, 0.5) is 23.7 Å². The van der Waals surface area contributed by atoms with Gasteiger partial charge in [0.25, 0.3) is 0 Å². The van der Waals surface area contributed by atoms with Crippen LogP contribution in [0.25, 0.3) is 0 Å². The van der Waals surface area contributed by atoms with Gasteiger partial charge in [-0.25, -0.2) is 4.79 Å². The third kappa shape index (κ3) is 5.01. The van der Waals surface area contributed by atoms with Gasteiger partial charge >= 0.3 is 12.2 Å². The van der Waals surface area contributed by atoms with Crippen molar-refractivity contribution in [1.82, 2.24) is 15.3 Å². The van der Waals surface area contributed by atoms with Crippen LogP contribution in [0.1, 0.15) is 22.9 Å². The maximum Gasteiger partial charge on any atom is 0.418 e. The number of carbonyl (C=O) groups excluding carboxylic acids is 1. The number of urea groups is 1. The lowest BCUT2D eigenvalue weighted by molar-refractivity contribution is -0.138. The van der Waals surface area contributed by atoms with Gasteiger partial charge in [-0.3, -0.25) is 9.97 Å². The molecule has 0 spiro atoms. The van der Waals surface area contributed by atoms with Crippen molar-refractivity contribution < 1.29 is 22.7 Å². The number of aromatic nitrogens is 2. The fraction of sp³-hybridized carbons (Fsp3) is 0.150. The molecule has 0 saturated heterocycles. The van der Waals surface area contributed by atoms with Gasteiger partial charge in [0.05, 0.1) is 36.3 Å². The number of rotatable bonds is 5. The van der Waals surface area contributed by atoms with Crippen LogP contribution >= 0.6 is 0 Å². The second-order valence-electron chi connectivity index (χ2n) is 5.98. The number of benzene rings is 1. The summed E-state index contributed by atoms with van der Waals surface area (Å²) in [6, 6.07) is 9.89. The molecule has 1 aromatic carbocycles. The summed E-state index contributed by atoms with van der Waals surface area (Å²) in [5.41, 5.74) is -0.481. The first-order valence-electron chi connectivity index (χ1n) is 8.52. The van der Waals surface area contributed by atoms with Crippen LogP contribution in [-0.4, -0.2) is 23.1 Å². The van der Waals surface area contributed by atoms with Crippen molar-refractivity contribution >= 4 is 11.7 Å². The fourth-order valence-electron chi connectivity index (χ4n) is 2.75. The number of hydrogen-bond donors (Lipinski definition) is 2. The van der Waals surface area contributed by atoms with Gasteiger partial charge in [0.1, 0.15) is 5.75 Å². The van der Waals surface area contributed by atoms with E-state index in [2.05, 4.69) is 20.6 Å². The third-order valence-corrected chi connectivity index (χ3v) is 4.04. The smallest absolute Gasteiger partial charge is 0.418 e. The Labute approximate surface area is 164 Å². The minimum atomic E-state index is -4.64. The highest BCUT2D eigenvalue weighted by Crippen LogP contribution is 2.36. The predicted octanol–water partition coefficient (Wildman–Crippen LogP) is 4.42. The van der Waals surface area contributed by atoms with Crippen molar-refractivity contribution in [3.63, 3.8) is 0 Å². The van der Waals surface area contributed by atoms with Gasteiger partial charge in [-0.1, -0.05) is 12.1 Å². The molecule has 0 aliphatic rings. The molecular formula is C20H17F3N4O2. The highest BCUT2D eigenvalue weighted by Gasteiger charge is 2.37. The normalized spacial score (nSPS) is 12.1. The molecule has 2 N–H and O–H groups in total. The van der Waals surface area contributed by atoms with Crippen LogP contribution in [0.2, 0.25) is 0 Å². The molecule has 0 bridgehead atoms. The molecule has 0 unspecified atom stereocenters. The number of carbonyl (C=O) groups is 1. The first-order valence-corrected chi connectivity index (χ1v) is 8.52. The van der Waals surface area contributed by atoms with E-state index in [9.17, 15) is 18.0 Å². The summed E-state index contributed by atoms with van der Waals surface area (Å²) in [4.78, 5) is 20.3. The fourth-order valence-corrected chi connectivity index (χ4v) is 2.75. The molecule has 3 aromatic rings. The number of amides is 2. The van der Waals surface area contributed by atoms with Crippen LogP contribution in [0.5, 0.6) is 5.75 Å². The molecule has 6 nitrogen and oxygen atoms in total. The van der Waals surface area contributed by atoms with Crippen molar-refractivity contribution in [2.24, 2.45) is 0 Å². The van der Waals surface area contributed by atoms with Crippen molar-refractivity contribution in [3.8, 4) is 5.75 Å². The molecule has 2 aromatic heterocycles. The lowest BCUT2D eigenvalue weighted by Gasteiger charge is -2.23. The molecule has 0 aliphatic carbocycles. The summed E-state index contributed by atoms with van der Waals surface area (Å²) in [7, 11) is 1.44. The largest absolute Gasteiger partial charge is 0.497 e. The lowest BCUT2D eigenvalue weighted by Crippen LogP contribution is -2.35. The molecule has 0 aliphatic heterocycles. The minimum absolute atomic E-state index is 0.324. The lowest BCUT2D eigenvalue weighted by atomic mass is 9.98. The first-order chi connectivity index (χ1) is 13.9. The van der Waals surface area contributed by atoms with E-state index in [1.807, 2.05) is 0 Å². The quantitative estimate of drug-likeness (QED) is 0.663. The predicted molar refractivity (Wildman–Crippen MR) is 100 cm³/mol. The van der Waals surface area contributed by atoms with E-state index in [1.165, 1.54) is 31.8 Å². The Hall–Kier alpha value is -3.62. The number of anilines is 1. The molecule has 2 heterocycles. The monoisotopic (exact) mass is 402 g/mol. The van der Waals surface area contributed by atoms with Crippen LogP contribution < -0.4 is 15.4 Å². The van der Waals surface area contributed by atoms with Gasteiger partial charge in [-0.2, -0.15) is 13.2 Å². The molecule has 1 atom stereocenters. The zero-order valence-electron chi connectivity index (χ0n) is 15.3. The second-order valence-corrected chi connectivity index (χ2v) is 5.98. The Morgan fingerprint density at radius 3 is 2.59 bits per heavy atom. The number of hydrogen-bond acceptors (Lipinski definition) is 4. The molecule has 3 rings (SSSR count). The number of nitrogens with one attached hydrogen (secondary N) is 2. The number of methoxy groups -OCH3 is 1. The Bertz CT molecular complexity index is 981. The standard InChI is InChI=1S/C20H17F3N4O2/c1-29-15-7-2-5-13(11-15)17(18-16(20(21,22)23)8-4-10-25-18)27-19(28)26-14-6-3-9-24-12-14/h2-12,17H,1H3,(H2,26,27,28)/t17-/m0/s1. The molecule has 9 heteroatoms. The molecule has 0 saturated carbocycles. The molecule has 29 heavy (non-hydrogen) atoms. The topological polar surface area (TPSA) is 76.1 Å². The van der Waals surface area contributed by atoms with Crippen molar-refractivity contribution in [2.75, 3.05) is 12.4 Å². The van der Waals surface area contributed by atoms with E-state index in [0.717, 1.165) is 6.07 Å². The highest BCUT2D eigenvalue weighted by molar-refractivity contribution is 5.89. The average Bonchev–Trinajstić information content (AvgIpc) is 2.72. The summed E-state index contributed by atoms with van der Waals surface area (Å²) in [6.07, 6.45) is -0.436. The number of nitrogens with zero attached hydrogens (tertiary/aromatic N) is 2. The third-order valence-electron chi connectivity index (χ3n) is 4.04. The van der Waals surface area contributed by atoms with E-state index in [-0.39, 0.29) is 5.69 Å². The van der Waals surface area contributed by atoms with Crippen molar-refractivity contribution in [3.05, 3.63) is 83.9 Å². The van der Waals surface area contributed by atoms with Gasteiger partial charge < -0.3 is 15.4 Å². The van der Waals surface area contributed by atoms with E-state index >= 15 is 0 Å². The SMILES string of the molecule is COc1cccc([C@H](NC(=O)Nc2cccnc2)c2ncccc2C(F)(F)F)c1. The Morgan fingerprint density at radius 1 is 1.10 bits per heavy atom. The van der Waals surface area contributed by atoms with Crippen molar-refractivity contribution in [2.45, 2.75) is 12.2 Å². The van der Waals surface area contributed by atoms with Crippen LogP contribution in [0, 0.1) is 0 Å². The van der Waals surface area contributed by atoms with E-state index in [0.29, 0.717) is 17.0 Å². The van der Waals surface area contributed by atoms with E-state index in [1.54, 1.807) is 36.4 Å². The summed E-state index contributed by atoms with van der Waals surface area (Å²) >= 11 is 0.